The Balaban J connectivity index is 1.59. The maximum Gasteiger partial charge on any atom is 0.258 e. The molecule has 1 aliphatic rings. The van der Waals surface area contributed by atoms with Crippen molar-refractivity contribution in [1.29, 1.82) is 0 Å². The molecular weight excluding hydrogens is 358 g/mol. The molecule has 2 aromatic carbocycles. The van der Waals surface area contributed by atoms with Gasteiger partial charge in [-0.05, 0) is 44.0 Å². The lowest BCUT2D eigenvalue weighted by Gasteiger charge is -2.28. The summed E-state index contributed by atoms with van der Waals surface area (Å²) in [4.78, 5) is 35.9. The number of aromatic amines is 1. The summed E-state index contributed by atoms with van der Waals surface area (Å²) in [7, 11) is 0. The third kappa shape index (κ3) is 3.49. The van der Waals surface area contributed by atoms with Crippen molar-refractivity contribution in [2.24, 2.45) is 0 Å². The van der Waals surface area contributed by atoms with Gasteiger partial charge in [0.2, 0.25) is 5.91 Å². The van der Waals surface area contributed by atoms with Gasteiger partial charge in [0.25, 0.3) is 5.56 Å². The van der Waals surface area contributed by atoms with Crippen LogP contribution in [0.25, 0.3) is 10.9 Å². The number of nitrogens with one attached hydrogen (secondary N) is 1. The van der Waals surface area contributed by atoms with Gasteiger partial charge in [-0.25, -0.2) is 4.98 Å². The fourth-order valence-electron chi connectivity index (χ4n) is 3.39. The zero-order valence-corrected chi connectivity index (χ0v) is 16.1. The third-order valence-electron chi connectivity index (χ3n) is 4.81. The van der Waals surface area contributed by atoms with E-state index in [1.54, 1.807) is 22.7 Å². The standard InChI is InChI=1S/C21H21N3O2S/c1-13(2)24(21(26)18-11-14-7-3-6-10-17(14)27-18)12-19-22-16-9-5-4-8-15(16)20(25)23-19/h3-10,13,18H,11-12H2,1-2H3,(H,22,23,25). The highest BCUT2D eigenvalue weighted by Crippen LogP contribution is 2.38. The molecule has 2 heterocycles. The molecule has 6 heteroatoms. The Morgan fingerprint density at radius 3 is 2.74 bits per heavy atom. The summed E-state index contributed by atoms with van der Waals surface area (Å²) < 4.78 is 0. The first-order valence-electron chi connectivity index (χ1n) is 9.06. The fourth-order valence-corrected chi connectivity index (χ4v) is 4.66. The number of amides is 1. The molecule has 0 spiro atoms. The molecule has 0 saturated heterocycles. The van der Waals surface area contributed by atoms with E-state index >= 15 is 0 Å². The van der Waals surface area contributed by atoms with Crippen LogP contribution < -0.4 is 5.56 Å². The number of thioether (sulfide) groups is 1. The van der Waals surface area contributed by atoms with Crippen LogP contribution in [-0.4, -0.2) is 32.1 Å². The summed E-state index contributed by atoms with van der Waals surface area (Å²) in [5.74, 6) is 0.600. The van der Waals surface area contributed by atoms with Crippen molar-refractivity contribution in [3.8, 4) is 0 Å². The number of H-pyrrole nitrogens is 1. The number of benzene rings is 2. The van der Waals surface area contributed by atoms with Crippen molar-refractivity contribution < 1.29 is 4.79 Å². The molecule has 0 saturated carbocycles. The molecule has 0 aliphatic carbocycles. The van der Waals surface area contributed by atoms with Crippen LogP contribution in [-0.2, 0) is 17.8 Å². The van der Waals surface area contributed by atoms with E-state index in [-0.39, 0.29) is 22.8 Å². The Bertz CT molecular complexity index is 1040. The van der Waals surface area contributed by atoms with Crippen LogP contribution in [0.2, 0.25) is 0 Å². The average Bonchev–Trinajstić information content (AvgIpc) is 3.10. The molecule has 1 amide bonds. The molecule has 0 radical (unpaired) electrons. The van der Waals surface area contributed by atoms with Gasteiger partial charge in [0.05, 0.1) is 22.7 Å². The van der Waals surface area contributed by atoms with Crippen LogP contribution in [0.4, 0.5) is 0 Å². The quantitative estimate of drug-likeness (QED) is 0.755. The monoisotopic (exact) mass is 379 g/mol. The average molecular weight is 379 g/mol. The molecule has 1 atom stereocenters. The molecule has 0 bridgehead atoms. The van der Waals surface area contributed by atoms with E-state index in [1.807, 2.05) is 44.2 Å². The summed E-state index contributed by atoms with van der Waals surface area (Å²) in [6, 6.07) is 15.4. The topological polar surface area (TPSA) is 66.1 Å². The van der Waals surface area contributed by atoms with Crippen LogP contribution >= 0.6 is 11.8 Å². The van der Waals surface area contributed by atoms with E-state index in [2.05, 4.69) is 22.1 Å². The zero-order valence-electron chi connectivity index (χ0n) is 15.3. The Hall–Kier alpha value is -2.60. The van der Waals surface area contributed by atoms with Crippen molar-refractivity contribution in [2.75, 3.05) is 0 Å². The first-order valence-corrected chi connectivity index (χ1v) is 9.94. The number of para-hydroxylation sites is 1. The normalized spacial score (nSPS) is 15.9. The second kappa shape index (κ2) is 7.19. The van der Waals surface area contributed by atoms with Gasteiger partial charge < -0.3 is 9.88 Å². The summed E-state index contributed by atoms with van der Waals surface area (Å²) in [5.41, 5.74) is 1.70. The smallest absolute Gasteiger partial charge is 0.258 e. The lowest BCUT2D eigenvalue weighted by molar-refractivity contribution is -0.133. The summed E-state index contributed by atoms with van der Waals surface area (Å²) in [5, 5.41) is 0.433. The molecule has 5 nitrogen and oxygen atoms in total. The highest BCUT2D eigenvalue weighted by atomic mass is 32.2. The van der Waals surface area contributed by atoms with E-state index in [0.29, 0.717) is 23.3 Å². The van der Waals surface area contributed by atoms with Crippen LogP contribution in [0.15, 0.2) is 58.2 Å². The third-order valence-corrected chi connectivity index (χ3v) is 6.12. The minimum absolute atomic E-state index is 0.0126. The van der Waals surface area contributed by atoms with Crippen molar-refractivity contribution in [3.05, 3.63) is 70.3 Å². The molecular formula is C21H21N3O2S. The molecule has 1 unspecified atom stereocenters. The lowest BCUT2D eigenvalue weighted by atomic mass is 10.1. The molecule has 1 N–H and O–H groups in total. The van der Waals surface area contributed by atoms with Gasteiger partial charge in [-0.3, -0.25) is 9.59 Å². The number of fused-ring (bicyclic) bond motifs is 2. The maximum atomic E-state index is 13.2. The summed E-state index contributed by atoms with van der Waals surface area (Å²) in [6.07, 6.45) is 0.741. The summed E-state index contributed by atoms with van der Waals surface area (Å²) in [6.45, 7) is 4.28. The van der Waals surface area contributed by atoms with E-state index in [0.717, 1.165) is 6.42 Å². The van der Waals surface area contributed by atoms with Gasteiger partial charge in [-0.2, -0.15) is 0 Å². The Morgan fingerprint density at radius 2 is 1.96 bits per heavy atom. The second-order valence-corrected chi connectivity index (χ2v) is 8.25. The highest BCUT2D eigenvalue weighted by Gasteiger charge is 2.32. The molecule has 0 fully saturated rings. The van der Waals surface area contributed by atoms with Crippen molar-refractivity contribution >= 4 is 28.6 Å². The number of hydrogen-bond acceptors (Lipinski definition) is 4. The Morgan fingerprint density at radius 1 is 1.22 bits per heavy atom. The summed E-state index contributed by atoms with van der Waals surface area (Å²) >= 11 is 1.62. The zero-order chi connectivity index (χ0) is 19.0. The van der Waals surface area contributed by atoms with E-state index < -0.39 is 0 Å². The predicted octanol–water partition coefficient (Wildman–Crippen LogP) is 3.38. The van der Waals surface area contributed by atoms with Gasteiger partial charge in [0.15, 0.2) is 0 Å². The van der Waals surface area contributed by atoms with Crippen LogP contribution in [0.3, 0.4) is 0 Å². The van der Waals surface area contributed by atoms with Crippen molar-refractivity contribution in [3.63, 3.8) is 0 Å². The van der Waals surface area contributed by atoms with Crippen LogP contribution in [0.5, 0.6) is 0 Å². The first-order chi connectivity index (χ1) is 13.0. The minimum atomic E-state index is -0.172. The van der Waals surface area contributed by atoms with Gasteiger partial charge in [0.1, 0.15) is 5.82 Å². The maximum absolute atomic E-state index is 13.2. The lowest BCUT2D eigenvalue weighted by Crippen LogP contribution is -2.42. The molecule has 3 aromatic rings. The Kier molecular flexibility index (Phi) is 4.74. The van der Waals surface area contributed by atoms with Gasteiger partial charge in [0, 0.05) is 10.9 Å². The van der Waals surface area contributed by atoms with Gasteiger partial charge in [-0.15, -0.1) is 11.8 Å². The first kappa shape index (κ1) is 17.8. The van der Waals surface area contributed by atoms with Crippen molar-refractivity contribution in [1.82, 2.24) is 14.9 Å². The van der Waals surface area contributed by atoms with Crippen LogP contribution in [0.1, 0.15) is 25.2 Å². The number of aromatic nitrogens is 2. The van der Waals surface area contributed by atoms with Crippen LogP contribution in [0, 0.1) is 0 Å². The SMILES string of the molecule is CC(C)N(Cc1nc2ccccc2c(=O)[nH]1)C(=O)C1Cc2ccccc2S1. The Labute approximate surface area is 161 Å². The predicted molar refractivity (Wildman–Crippen MR) is 108 cm³/mol. The minimum Gasteiger partial charge on any atom is -0.332 e. The van der Waals surface area contributed by atoms with Crippen molar-refractivity contribution in [2.45, 2.75) is 43.0 Å². The van der Waals surface area contributed by atoms with Gasteiger partial charge >= 0.3 is 0 Å². The second-order valence-electron chi connectivity index (χ2n) is 7.01. The molecule has 1 aromatic heterocycles. The highest BCUT2D eigenvalue weighted by molar-refractivity contribution is 8.01. The number of carbonyl (C=O) groups excluding carboxylic acids is 1. The largest absolute Gasteiger partial charge is 0.332 e. The molecule has 27 heavy (non-hydrogen) atoms. The molecule has 4 rings (SSSR count). The molecule has 1 aliphatic heterocycles. The molecule has 138 valence electrons. The fraction of sp³-hybridized carbons (Fsp3) is 0.286. The number of nitrogens with zero attached hydrogens (tertiary/aromatic N) is 2. The number of carbonyl (C=O) groups is 1. The number of hydrogen-bond donors (Lipinski definition) is 1. The van der Waals surface area contributed by atoms with E-state index in [9.17, 15) is 9.59 Å². The van der Waals surface area contributed by atoms with E-state index in [1.165, 1.54) is 10.5 Å². The van der Waals surface area contributed by atoms with Gasteiger partial charge in [-0.1, -0.05) is 30.3 Å². The number of rotatable bonds is 4. The van der Waals surface area contributed by atoms with E-state index in [4.69, 9.17) is 0 Å².